The molecule has 1 N–H and O–H groups in total. The Morgan fingerprint density at radius 2 is 1.97 bits per heavy atom. The zero-order chi connectivity index (χ0) is 21.9. The maximum Gasteiger partial charge on any atom is 0.338 e. The van der Waals surface area contributed by atoms with Crippen LogP contribution in [0.3, 0.4) is 0 Å². The van der Waals surface area contributed by atoms with Gasteiger partial charge in [0.2, 0.25) is 0 Å². The number of carbonyl (C=O) groups excluding carboxylic acids is 2. The summed E-state index contributed by atoms with van der Waals surface area (Å²) in [4.78, 5) is 35.9. The van der Waals surface area contributed by atoms with Crippen molar-refractivity contribution in [3.63, 3.8) is 0 Å². The maximum atomic E-state index is 14.7. The topological polar surface area (TPSA) is 99.1 Å². The van der Waals surface area contributed by atoms with E-state index in [1.165, 1.54) is 6.08 Å². The van der Waals surface area contributed by atoms with Gasteiger partial charge in [-0.3, -0.25) is 9.59 Å². The van der Waals surface area contributed by atoms with Gasteiger partial charge in [-0.05, 0) is 18.2 Å². The number of hydrogen-bond acceptors (Lipinski definition) is 6. The van der Waals surface area contributed by atoms with E-state index in [9.17, 15) is 23.9 Å². The lowest BCUT2D eigenvalue weighted by Gasteiger charge is -2.41. The largest absolute Gasteiger partial charge is 0.481 e. The number of benzene rings is 1. The van der Waals surface area contributed by atoms with Crippen LogP contribution in [0, 0.1) is 17.3 Å². The second kappa shape index (κ2) is 8.97. The Hall–Kier alpha value is -2.71. The molecular weight excluding hydrogens is 419 g/mol. The molecule has 1 heterocycles. The number of carboxylic acids is 1. The molecule has 0 spiro atoms. The summed E-state index contributed by atoms with van der Waals surface area (Å²) in [5, 5.41) is 9.81. The van der Waals surface area contributed by atoms with E-state index < -0.39 is 47.9 Å². The third kappa shape index (κ3) is 4.39. The number of alkyl halides is 1. The van der Waals surface area contributed by atoms with Gasteiger partial charge in [0.05, 0.1) is 29.7 Å². The average molecular weight is 439 g/mol. The van der Waals surface area contributed by atoms with Crippen molar-refractivity contribution < 1.29 is 38.1 Å². The highest BCUT2D eigenvalue weighted by atomic mass is 35.5. The second-order valence-corrected chi connectivity index (χ2v) is 7.55. The highest BCUT2D eigenvalue weighted by Crippen LogP contribution is 2.49. The summed E-state index contributed by atoms with van der Waals surface area (Å²) in [5.41, 5.74) is -1.27. The van der Waals surface area contributed by atoms with Crippen molar-refractivity contribution in [3.8, 4) is 0 Å². The molecule has 3 rings (SSSR count). The van der Waals surface area contributed by atoms with Gasteiger partial charge in [-0.15, -0.1) is 0 Å². The lowest BCUT2D eigenvalue weighted by molar-refractivity contribution is -0.147. The van der Waals surface area contributed by atoms with Crippen molar-refractivity contribution in [2.75, 3.05) is 19.8 Å². The predicted octanol–water partition coefficient (Wildman–Crippen LogP) is 3.10. The summed E-state index contributed by atoms with van der Waals surface area (Å²) >= 11 is 6.26. The van der Waals surface area contributed by atoms with Crippen LogP contribution in [0.1, 0.15) is 17.3 Å². The molecule has 2 aliphatic rings. The highest BCUT2D eigenvalue weighted by molar-refractivity contribution is 6.32. The van der Waals surface area contributed by atoms with E-state index in [2.05, 4.69) is 0 Å². The molecule has 0 aromatic heterocycles. The molecule has 1 saturated heterocycles. The highest BCUT2D eigenvalue weighted by Gasteiger charge is 2.55. The van der Waals surface area contributed by atoms with Crippen molar-refractivity contribution in [2.24, 2.45) is 17.3 Å². The van der Waals surface area contributed by atoms with Crippen LogP contribution >= 0.6 is 11.6 Å². The second-order valence-electron chi connectivity index (χ2n) is 7.15. The molecule has 0 radical (unpaired) electrons. The minimum absolute atomic E-state index is 0.0717. The third-order valence-corrected chi connectivity index (χ3v) is 5.51. The van der Waals surface area contributed by atoms with Gasteiger partial charge in [0.1, 0.15) is 18.5 Å². The number of carboxylic acid groups (broad SMARTS) is 1. The molecule has 1 aliphatic carbocycles. The normalized spacial score (nSPS) is 28.3. The molecule has 1 aromatic rings. The Bertz CT molecular complexity index is 898. The summed E-state index contributed by atoms with van der Waals surface area (Å²) < 4.78 is 30.3. The molecule has 7 nitrogen and oxygen atoms in total. The van der Waals surface area contributed by atoms with Crippen molar-refractivity contribution in [1.82, 2.24) is 0 Å². The van der Waals surface area contributed by atoms with Crippen LogP contribution in [0.15, 0.2) is 53.3 Å². The summed E-state index contributed by atoms with van der Waals surface area (Å²) in [7, 11) is 0. The molecule has 9 heteroatoms. The lowest BCUT2D eigenvalue weighted by atomic mass is 9.64. The summed E-state index contributed by atoms with van der Waals surface area (Å²) in [6.07, 6.45) is 0.954. The van der Waals surface area contributed by atoms with Crippen molar-refractivity contribution in [1.29, 1.82) is 0 Å². The molecule has 160 valence electrons. The van der Waals surface area contributed by atoms with Crippen LogP contribution in [0.25, 0.3) is 0 Å². The quantitative estimate of drug-likeness (QED) is 0.681. The standard InChI is InChI=1S/C21H20ClFO7/c1-12(24)30-18-7-14(19(25)26)21(8-16(18)22,15-9-28-10-17(15)23)11-29-20(27)13-5-3-2-4-6-13/h2-8,14-15,17H,9-11H2,1H3,(H,25,26)/t14?,15-,17-,21-/m1/s1. The van der Waals surface area contributed by atoms with E-state index in [1.807, 2.05) is 0 Å². The Morgan fingerprint density at radius 1 is 1.27 bits per heavy atom. The Morgan fingerprint density at radius 3 is 2.53 bits per heavy atom. The fraction of sp³-hybridized carbons (Fsp3) is 0.381. The Kier molecular flexibility index (Phi) is 6.58. The number of allylic oxidation sites excluding steroid dienone is 1. The molecular formula is C21H20ClFO7. The fourth-order valence-corrected chi connectivity index (χ4v) is 4.07. The van der Waals surface area contributed by atoms with E-state index in [1.54, 1.807) is 30.3 Å². The van der Waals surface area contributed by atoms with Crippen LogP contribution in [0.5, 0.6) is 0 Å². The van der Waals surface area contributed by atoms with E-state index in [4.69, 9.17) is 25.8 Å². The van der Waals surface area contributed by atoms with Gasteiger partial charge < -0.3 is 19.3 Å². The van der Waals surface area contributed by atoms with E-state index in [0.717, 1.165) is 13.0 Å². The number of halogens is 2. The first-order chi connectivity index (χ1) is 14.2. The van der Waals surface area contributed by atoms with E-state index in [-0.39, 0.29) is 29.6 Å². The van der Waals surface area contributed by atoms with Gasteiger partial charge in [-0.25, -0.2) is 9.18 Å². The van der Waals surface area contributed by atoms with Crippen LogP contribution in [-0.4, -0.2) is 49.0 Å². The van der Waals surface area contributed by atoms with Gasteiger partial charge in [0.15, 0.2) is 0 Å². The van der Waals surface area contributed by atoms with E-state index >= 15 is 0 Å². The van der Waals surface area contributed by atoms with Gasteiger partial charge in [0, 0.05) is 18.3 Å². The van der Waals surface area contributed by atoms with Crippen LogP contribution < -0.4 is 0 Å². The zero-order valence-corrected chi connectivity index (χ0v) is 16.8. The summed E-state index contributed by atoms with van der Waals surface area (Å²) in [6.45, 7) is 0.404. The number of ether oxygens (including phenoxy) is 3. The van der Waals surface area contributed by atoms with Gasteiger partial charge >= 0.3 is 17.9 Å². The molecule has 1 aromatic carbocycles. The lowest BCUT2D eigenvalue weighted by Crippen LogP contribution is -2.48. The Labute approximate surface area is 177 Å². The SMILES string of the molecule is CC(=O)OC1=CC(C(=O)O)[C@@](COC(=O)c2ccccc2)([C@@H]2COC[C@H]2F)C=C1Cl. The number of esters is 2. The average Bonchev–Trinajstić information content (AvgIpc) is 3.14. The molecule has 0 saturated carbocycles. The maximum absolute atomic E-state index is 14.7. The molecule has 4 atom stereocenters. The van der Waals surface area contributed by atoms with Crippen molar-refractivity contribution in [3.05, 3.63) is 58.8 Å². The first kappa shape index (κ1) is 22.0. The smallest absolute Gasteiger partial charge is 0.338 e. The van der Waals surface area contributed by atoms with Crippen molar-refractivity contribution >= 4 is 29.5 Å². The number of hydrogen-bond donors (Lipinski definition) is 1. The molecule has 0 amide bonds. The minimum atomic E-state index is -1.53. The van der Waals surface area contributed by atoms with E-state index in [0.29, 0.717) is 0 Å². The first-order valence-electron chi connectivity index (χ1n) is 9.20. The molecule has 1 aliphatic heterocycles. The zero-order valence-electron chi connectivity index (χ0n) is 16.0. The number of carbonyl (C=O) groups is 3. The number of aliphatic carboxylic acids is 1. The fourth-order valence-electron chi connectivity index (χ4n) is 3.77. The molecule has 1 fully saturated rings. The van der Waals surface area contributed by atoms with Gasteiger partial charge in [-0.2, -0.15) is 0 Å². The monoisotopic (exact) mass is 438 g/mol. The molecule has 1 unspecified atom stereocenters. The summed E-state index contributed by atoms with van der Waals surface area (Å²) in [6, 6.07) is 8.12. The Balaban J connectivity index is 1.98. The number of rotatable bonds is 6. The van der Waals surface area contributed by atoms with Gasteiger partial charge in [0.25, 0.3) is 0 Å². The minimum Gasteiger partial charge on any atom is -0.481 e. The molecule has 30 heavy (non-hydrogen) atoms. The van der Waals surface area contributed by atoms with Crippen molar-refractivity contribution in [2.45, 2.75) is 13.1 Å². The predicted molar refractivity (Wildman–Crippen MR) is 103 cm³/mol. The van der Waals surface area contributed by atoms with Crippen LogP contribution in [0.2, 0.25) is 0 Å². The van der Waals surface area contributed by atoms with Crippen LogP contribution in [0.4, 0.5) is 4.39 Å². The first-order valence-corrected chi connectivity index (χ1v) is 9.58. The van der Waals surface area contributed by atoms with Gasteiger partial charge in [-0.1, -0.05) is 35.9 Å². The third-order valence-electron chi connectivity index (χ3n) is 5.21. The summed E-state index contributed by atoms with van der Waals surface area (Å²) in [5.74, 6) is -5.14. The van der Waals surface area contributed by atoms with Crippen LogP contribution in [-0.2, 0) is 23.8 Å². The molecule has 0 bridgehead atoms.